The molecule has 4 rings (SSSR count). The van der Waals surface area contributed by atoms with Gasteiger partial charge in [0.25, 0.3) is 0 Å². The van der Waals surface area contributed by atoms with Gasteiger partial charge < -0.3 is 15.1 Å². The SMILES string of the molecule is CC1=NC(=O)NC(C=Cc2ccco2)C1C(=O)Nc1ccc2[nH]ncc2c1. The van der Waals surface area contributed by atoms with Gasteiger partial charge in [-0.25, -0.2) is 9.79 Å². The minimum Gasteiger partial charge on any atom is -0.465 e. The third-order valence-corrected chi connectivity index (χ3v) is 4.38. The number of anilines is 1. The number of benzene rings is 1. The van der Waals surface area contributed by atoms with Crippen LogP contribution >= 0.6 is 0 Å². The van der Waals surface area contributed by atoms with Gasteiger partial charge in [-0.1, -0.05) is 6.08 Å². The van der Waals surface area contributed by atoms with Crippen molar-refractivity contribution in [2.24, 2.45) is 10.9 Å². The average Bonchev–Trinajstić information content (AvgIpc) is 3.30. The summed E-state index contributed by atoms with van der Waals surface area (Å²) in [4.78, 5) is 28.6. The number of H-pyrrole nitrogens is 1. The van der Waals surface area contributed by atoms with Crippen LogP contribution in [0.2, 0.25) is 0 Å². The Balaban J connectivity index is 1.57. The van der Waals surface area contributed by atoms with Crippen LogP contribution in [0.25, 0.3) is 17.0 Å². The summed E-state index contributed by atoms with van der Waals surface area (Å²) in [6.07, 6.45) is 6.70. The molecule has 3 aromatic rings. The molecule has 2 unspecified atom stereocenters. The first-order chi connectivity index (χ1) is 13.1. The standard InChI is InChI=1S/C19H17N5O3/c1-11-17(16(23-19(26)21-11)7-5-14-3-2-8-27-14)18(25)22-13-4-6-15-12(9-13)10-20-24-15/h2-10,16-17H,1H3,(H,20,24)(H,22,25)(H,23,26). The molecule has 136 valence electrons. The maximum atomic E-state index is 12.9. The van der Waals surface area contributed by atoms with Crippen molar-refractivity contribution in [1.29, 1.82) is 0 Å². The minimum absolute atomic E-state index is 0.256. The van der Waals surface area contributed by atoms with Crippen LogP contribution in [0.3, 0.4) is 0 Å². The van der Waals surface area contributed by atoms with Crippen LogP contribution in [-0.2, 0) is 4.79 Å². The normalized spacial score (nSPS) is 19.9. The Morgan fingerprint density at radius 1 is 1.33 bits per heavy atom. The van der Waals surface area contributed by atoms with Gasteiger partial charge in [0.15, 0.2) is 0 Å². The van der Waals surface area contributed by atoms with Crippen molar-refractivity contribution >= 4 is 40.3 Å². The number of hydrogen-bond donors (Lipinski definition) is 3. The van der Waals surface area contributed by atoms with E-state index in [1.54, 1.807) is 49.7 Å². The number of furan rings is 1. The summed E-state index contributed by atoms with van der Waals surface area (Å²) in [6, 6.07) is 8.02. The van der Waals surface area contributed by atoms with Crippen LogP contribution in [-0.4, -0.2) is 33.9 Å². The molecule has 8 nitrogen and oxygen atoms in total. The summed E-state index contributed by atoms with van der Waals surface area (Å²) < 4.78 is 5.26. The number of hydrogen-bond acceptors (Lipinski definition) is 4. The average molecular weight is 363 g/mol. The molecule has 0 fully saturated rings. The van der Waals surface area contributed by atoms with Gasteiger partial charge in [0.05, 0.1) is 24.0 Å². The first kappa shape index (κ1) is 16.8. The molecule has 0 bridgehead atoms. The Kier molecular flexibility index (Phi) is 4.29. The Morgan fingerprint density at radius 2 is 2.22 bits per heavy atom. The van der Waals surface area contributed by atoms with Crippen LogP contribution in [0.4, 0.5) is 10.5 Å². The lowest BCUT2D eigenvalue weighted by molar-refractivity contribution is -0.118. The molecule has 0 spiro atoms. The number of carbonyl (C=O) groups excluding carboxylic acids is 2. The lowest BCUT2D eigenvalue weighted by Crippen LogP contribution is -2.50. The molecule has 27 heavy (non-hydrogen) atoms. The fourth-order valence-electron chi connectivity index (χ4n) is 3.08. The van der Waals surface area contributed by atoms with Crippen molar-refractivity contribution in [2.45, 2.75) is 13.0 Å². The van der Waals surface area contributed by atoms with E-state index in [9.17, 15) is 9.59 Å². The van der Waals surface area contributed by atoms with E-state index in [2.05, 4.69) is 25.8 Å². The zero-order valence-corrected chi connectivity index (χ0v) is 14.5. The molecule has 3 amide bonds. The van der Waals surface area contributed by atoms with E-state index in [0.717, 1.165) is 10.9 Å². The van der Waals surface area contributed by atoms with Crippen molar-refractivity contribution in [3.8, 4) is 0 Å². The molecule has 3 heterocycles. The van der Waals surface area contributed by atoms with Crippen molar-refractivity contribution < 1.29 is 14.0 Å². The van der Waals surface area contributed by atoms with Gasteiger partial charge in [-0.2, -0.15) is 5.10 Å². The third kappa shape index (κ3) is 3.50. The largest absolute Gasteiger partial charge is 0.465 e. The van der Waals surface area contributed by atoms with Crippen molar-refractivity contribution in [3.05, 3.63) is 54.6 Å². The fraction of sp³-hybridized carbons (Fsp3) is 0.158. The molecular formula is C19H17N5O3. The summed E-state index contributed by atoms with van der Waals surface area (Å²) in [5.41, 5.74) is 1.98. The predicted octanol–water partition coefficient (Wildman–Crippen LogP) is 2.98. The number of aromatic nitrogens is 2. The second-order valence-corrected chi connectivity index (χ2v) is 6.24. The number of carbonyl (C=O) groups is 2. The van der Waals surface area contributed by atoms with Gasteiger partial charge in [-0.15, -0.1) is 0 Å². The first-order valence-corrected chi connectivity index (χ1v) is 8.41. The zero-order chi connectivity index (χ0) is 18.8. The van der Waals surface area contributed by atoms with Crippen LogP contribution in [0.1, 0.15) is 12.7 Å². The number of aromatic amines is 1. The smallest absolute Gasteiger partial charge is 0.341 e. The maximum absolute atomic E-state index is 12.9. The van der Waals surface area contributed by atoms with Gasteiger partial charge in [-0.05, 0) is 43.3 Å². The lowest BCUT2D eigenvalue weighted by atomic mass is 9.92. The molecule has 1 aliphatic rings. The highest BCUT2D eigenvalue weighted by molar-refractivity contribution is 6.13. The van der Waals surface area contributed by atoms with Gasteiger partial charge in [0.2, 0.25) is 5.91 Å². The molecule has 8 heteroatoms. The number of amides is 3. The Hall–Kier alpha value is -3.68. The molecule has 2 atom stereocenters. The van der Waals surface area contributed by atoms with Gasteiger partial charge in [0, 0.05) is 16.8 Å². The van der Waals surface area contributed by atoms with E-state index in [4.69, 9.17) is 4.42 Å². The summed E-state index contributed by atoms with van der Waals surface area (Å²) in [5.74, 6) is -0.254. The monoisotopic (exact) mass is 363 g/mol. The molecule has 1 aromatic carbocycles. The zero-order valence-electron chi connectivity index (χ0n) is 14.5. The highest BCUT2D eigenvalue weighted by Gasteiger charge is 2.34. The minimum atomic E-state index is -0.631. The van der Waals surface area contributed by atoms with Crippen LogP contribution < -0.4 is 10.6 Å². The van der Waals surface area contributed by atoms with Crippen molar-refractivity contribution in [1.82, 2.24) is 15.5 Å². The van der Waals surface area contributed by atoms with Gasteiger partial charge in [0.1, 0.15) is 11.7 Å². The number of fused-ring (bicyclic) bond motifs is 1. The molecule has 0 radical (unpaired) electrons. The van der Waals surface area contributed by atoms with E-state index < -0.39 is 18.0 Å². The van der Waals surface area contributed by atoms with Gasteiger partial charge >= 0.3 is 6.03 Å². The number of nitrogens with one attached hydrogen (secondary N) is 3. The number of aliphatic imine (C=N–C) groups is 1. The molecule has 0 aliphatic carbocycles. The molecule has 3 N–H and O–H groups in total. The van der Waals surface area contributed by atoms with E-state index >= 15 is 0 Å². The second kappa shape index (κ2) is 6.91. The molecule has 0 saturated heterocycles. The lowest BCUT2D eigenvalue weighted by Gasteiger charge is -2.27. The Bertz CT molecular complexity index is 1050. The van der Waals surface area contributed by atoms with Crippen LogP contribution in [0, 0.1) is 5.92 Å². The Labute approximate surface area is 154 Å². The first-order valence-electron chi connectivity index (χ1n) is 8.41. The third-order valence-electron chi connectivity index (χ3n) is 4.38. The molecule has 2 aromatic heterocycles. The van der Waals surface area contributed by atoms with Crippen LogP contribution in [0.15, 0.2) is 58.3 Å². The highest BCUT2D eigenvalue weighted by Crippen LogP contribution is 2.21. The van der Waals surface area contributed by atoms with E-state index in [-0.39, 0.29) is 5.91 Å². The van der Waals surface area contributed by atoms with E-state index in [1.165, 1.54) is 0 Å². The number of urea groups is 1. The molecule has 0 saturated carbocycles. The van der Waals surface area contributed by atoms with E-state index in [1.807, 2.05) is 12.1 Å². The summed E-state index contributed by atoms with van der Waals surface area (Å²) in [6.45, 7) is 1.68. The van der Waals surface area contributed by atoms with Crippen LogP contribution in [0.5, 0.6) is 0 Å². The Morgan fingerprint density at radius 3 is 3.04 bits per heavy atom. The van der Waals surface area contributed by atoms with Crippen molar-refractivity contribution in [3.63, 3.8) is 0 Å². The van der Waals surface area contributed by atoms with Gasteiger partial charge in [-0.3, -0.25) is 9.89 Å². The fourth-order valence-corrected chi connectivity index (χ4v) is 3.08. The second-order valence-electron chi connectivity index (χ2n) is 6.24. The highest BCUT2D eigenvalue weighted by atomic mass is 16.3. The topological polar surface area (TPSA) is 112 Å². The maximum Gasteiger partial charge on any atom is 0.341 e. The molecular weight excluding hydrogens is 346 g/mol. The molecule has 1 aliphatic heterocycles. The summed E-state index contributed by atoms with van der Waals surface area (Å²) in [7, 11) is 0. The summed E-state index contributed by atoms with van der Waals surface area (Å²) in [5, 5.41) is 13.3. The predicted molar refractivity (Wildman–Crippen MR) is 101 cm³/mol. The summed E-state index contributed by atoms with van der Waals surface area (Å²) >= 11 is 0. The van der Waals surface area contributed by atoms with E-state index in [0.29, 0.717) is 17.2 Å². The van der Waals surface area contributed by atoms with Crippen molar-refractivity contribution in [2.75, 3.05) is 5.32 Å². The number of nitrogens with zero attached hydrogens (tertiary/aromatic N) is 2. The quantitative estimate of drug-likeness (QED) is 0.661. The number of rotatable bonds is 4.